The van der Waals surface area contributed by atoms with Crippen molar-refractivity contribution in [2.45, 2.75) is 0 Å². The van der Waals surface area contributed by atoms with Gasteiger partial charge in [-0.15, -0.1) is 0 Å². The van der Waals surface area contributed by atoms with Gasteiger partial charge in [0.1, 0.15) is 6.07 Å². The Hall–Kier alpha value is -2.74. The highest BCUT2D eigenvalue weighted by Crippen LogP contribution is 2.29. The van der Waals surface area contributed by atoms with Crippen molar-refractivity contribution in [3.8, 4) is 11.8 Å². The van der Waals surface area contributed by atoms with Crippen molar-refractivity contribution < 1.29 is 9.72 Å². The van der Waals surface area contributed by atoms with Crippen LogP contribution in [-0.4, -0.2) is 21.2 Å². The number of hydrogen-bond donors (Lipinski definition) is 1. The third-order valence-electron chi connectivity index (χ3n) is 2.94. The average Bonchev–Trinajstić information content (AvgIpc) is 2.47. The molecule has 0 aliphatic rings. The molecule has 0 aliphatic carbocycles. The third kappa shape index (κ3) is 2.64. The van der Waals surface area contributed by atoms with E-state index in [1.807, 2.05) is 49.3 Å². The van der Waals surface area contributed by atoms with Crippen LogP contribution >= 0.6 is 0 Å². The largest absolute Gasteiger partial charge is 0.492 e. The molecule has 2 N–H and O–H groups in total. The fourth-order valence-electron chi connectivity index (χ4n) is 1.95. The Bertz CT molecular complexity index is 647. The monoisotopic (exact) mass is 269 g/mol. The summed E-state index contributed by atoms with van der Waals surface area (Å²) in [5.41, 5.74) is 2.21. The molecule has 5 heteroatoms. The van der Waals surface area contributed by atoms with Crippen molar-refractivity contribution in [3.63, 3.8) is 0 Å². The number of H-pyrrole nitrogens is 1. The van der Waals surface area contributed by atoms with Crippen LogP contribution in [0.2, 0.25) is 0 Å². The average molecular weight is 269 g/mol. The molecule has 5 nitrogen and oxygen atoms in total. The number of rotatable bonds is 4. The molecule has 1 heterocycles. The van der Waals surface area contributed by atoms with E-state index < -0.39 is 0 Å². The van der Waals surface area contributed by atoms with Gasteiger partial charge < -0.3 is 9.64 Å². The quantitative estimate of drug-likeness (QED) is 0.924. The van der Waals surface area contributed by atoms with Crippen LogP contribution in [0, 0.1) is 11.3 Å². The molecule has 0 amide bonds. The molecule has 102 valence electrons. The minimum Gasteiger partial charge on any atom is -0.492 e. The number of ether oxygens (including phenoxy) is 1. The first-order chi connectivity index (χ1) is 9.67. The van der Waals surface area contributed by atoms with Gasteiger partial charge in [0.15, 0.2) is 17.0 Å². The van der Waals surface area contributed by atoms with Gasteiger partial charge in [0.25, 0.3) is 5.82 Å². The second-order valence-corrected chi connectivity index (χ2v) is 4.44. The number of nitrogens with zero attached hydrogens (tertiary/aromatic N) is 2. The first kappa shape index (κ1) is 13.7. The SMILES string of the molecule is COc1ccccc1Nc1[nH+]ccc(N(C)C)c1C#N. The van der Waals surface area contributed by atoms with Crippen molar-refractivity contribution in [2.75, 3.05) is 31.4 Å². The van der Waals surface area contributed by atoms with E-state index in [2.05, 4.69) is 16.4 Å². The van der Waals surface area contributed by atoms with Crippen molar-refractivity contribution in [1.82, 2.24) is 0 Å². The van der Waals surface area contributed by atoms with Crippen LogP contribution in [0.15, 0.2) is 36.5 Å². The summed E-state index contributed by atoms with van der Waals surface area (Å²) in [5, 5.41) is 12.6. The van der Waals surface area contributed by atoms with E-state index in [1.165, 1.54) is 0 Å². The van der Waals surface area contributed by atoms with Crippen LogP contribution in [0.3, 0.4) is 0 Å². The Kier molecular flexibility index (Phi) is 4.06. The molecule has 0 atom stereocenters. The maximum atomic E-state index is 9.38. The van der Waals surface area contributed by atoms with E-state index >= 15 is 0 Å². The lowest BCUT2D eigenvalue weighted by atomic mass is 10.2. The zero-order valence-corrected chi connectivity index (χ0v) is 11.8. The van der Waals surface area contributed by atoms with Gasteiger partial charge in [-0.3, -0.25) is 0 Å². The molecule has 1 aromatic heterocycles. The molecule has 0 spiro atoms. The summed E-state index contributed by atoms with van der Waals surface area (Å²) in [6.07, 6.45) is 1.80. The van der Waals surface area contributed by atoms with Crippen molar-refractivity contribution in [3.05, 3.63) is 42.1 Å². The summed E-state index contributed by atoms with van der Waals surface area (Å²) < 4.78 is 5.30. The fraction of sp³-hybridized carbons (Fsp3) is 0.200. The van der Waals surface area contributed by atoms with Gasteiger partial charge in [0.05, 0.1) is 19.0 Å². The van der Waals surface area contributed by atoms with Crippen molar-refractivity contribution in [2.24, 2.45) is 0 Å². The predicted molar refractivity (Wildman–Crippen MR) is 78.3 cm³/mol. The summed E-state index contributed by atoms with van der Waals surface area (Å²) in [7, 11) is 5.43. The Morgan fingerprint density at radius 3 is 2.65 bits per heavy atom. The van der Waals surface area contributed by atoms with Gasteiger partial charge in [-0.2, -0.15) is 5.26 Å². The standard InChI is InChI=1S/C15H16N4O/c1-19(2)13-8-9-17-15(11(13)10-16)18-12-6-4-5-7-14(12)20-3/h4-9H,1-3H3,(H,17,18)/p+1. The fourth-order valence-corrected chi connectivity index (χ4v) is 1.95. The minimum absolute atomic E-state index is 0.559. The lowest BCUT2D eigenvalue weighted by molar-refractivity contribution is -0.360. The molecule has 0 unspecified atom stereocenters. The van der Waals surface area contributed by atoms with E-state index in [0.29, 0.717) is 11.4 Å². The molecule has 2 aromatic rings. The number of aromatic amines is 1. The summed E-state index contributed by atoms with van der Waals surface area (Å²) in [6.45, 7) is 0. The molecule has 1 aromatic carbocycles. The molecular weight excluding hydrogens is 252 g/mol. The van der Waals surface area contributed by atoms with Crippen LogP contribution in [-0.2, 0) is 0 Å². The van der Waals surface area contributed by atoms with Gasteiger partial charge in [0.2, 0.25) is 0 Å². The maximum Gasteiger partial charge on any atom is 0.297 e. The highest BCUT2D eigenvalue weighted by Gasteiger charge is 2.18. The zero-order chi connectivity index (χ0) is 14.5. The summed E-state index contributed by atoms with van der Waals surface area (Å²) in [5.74, 6) is 1.36. The number of pyridine rings is 1. The van der Waals surface area contributed by atoms with Crippen molar-refractivity contribution >= 4 is 17.2 Å². The number of hydrogen-bond acceptors (Lipinski definition) is 4. The van der Waals surface area contributed by atoms with Crippen molar-refractivity contribution in [1.29, 1.82) is 5.26 Å². The first-order valence-corrected chi connectivity index (χ1v) is 6.19. The summed E-state index contributed by atoms with van der Waals surface area (Å²) in [6, 6.07) is 11.7. The molecule has 0 saturated heterocycles. The second-order valence-electron chi connectivity index (χ2n) is 4.44. The molecule has 0 fully saturated rings. The van der Waals surface area contributed by atoms with Crippen LogP contribution in [0.1, 0.15) is 5.56 Å². The number of nitrogens with one attached hydrogen (secondary N) is 2. The van der Waals surface area contributed by atoms with Gasteiger partial charge in [-0.1, -0.05) is 12.1 Å². The third-order valence-corrected chi connectivity index (χ3v) is 2.94. The Labute approximate surface area is 118 Å². The zero-order valence-electron chi connectivity index (χ0n) is 11.8. The van der Waals surface area contributed by atoms with E-state index in [9.17, 15) is 5.26 Å². The Balaban J connectivity index is 2.44. The smallest absolute Gasteiger partial charge is 0.297 e. The molecule has 0 aliphatic heterocycles. The van der Waals surface area contributed by atoms with Crippen LogP contribution in [0.5, 0.6) is 5.75 Å². The second kappa shape index (κ2) is 5.93. The van der Waals surface area contributed by atoms with Gasteiger partial charge in [0, 0.05) is 20.2 Å². The number of para-hydroxylation sites is 2. The summed E-state index contributed by atoms with van der Waals surface area (Å²) >= 11 is 0. The number of benzene rings is 1. The number of anilines is 3. The van der Waals surface area contributed by atoms with Crippen LogP contribution in [0.4, 0.5) is 17.2 Å². The van der Waals surface area contributed by atoms with E-state index in [1.54, 1.807) is 13.3 Å². The molecule has 0 bridgehead atoms. The first-order valence-electron chi connectivity index (χ1n) is 6.19. The normalized spacial score (nSPS) is 9.70. The lowest BCUT2D eigenvalue weighted by Crippen LogP contribution is -2.17. The van der Waals surface area contributed by atoms with Gasteiger partial charge in [-0.25, -0.2) is 10.3 Å². The van der Waals surface area contributed by atoms with E-state index in [-0.39, 0.29) is 0 Å². The molecule has 0 radical (unpaired) electrons. The highest BCUT2D eigenvalue weighted by atomic mass is 16.5. The molecular formula is C15H17N4O+. The van der Waals surface area contributed by atoms with Gasteiger partial charge >= 0.3 is 0 Å². The Morgan fingerprint density at radius 1 is 1.25 bits per heavy atom. The van der Waals surface area contributed by atoms with Crippen LogP contribution in [0.25, 0.3) is 0 Å². The molecule has 2 rings (SSSR count). The van der Waals surface area contributed by atoms with E-state index in [0.717, 1.165) is 17.1 Å². The number of methoxy groups -OCH3 is 1. The maximum absolute atomic E-state index is 9.38. The Morgan fingerprint density at radius 2 is 2.00 bits per heavy atom. The molecule has 0 saturated carbocycles. The van der Waals surface area contributed by atoms with E-state index in [4.69, 9.17) is 4.74 Å². The highest BCUT2D eigenvalue weighted by molar-refractivity contribution is 5.72. The predicted octanol–water partition coefficient (Wildman–Crippen LogP) is 2.19. The number of aromatic nitrogens is 1. The summed E-state index contributed by atoms with van der Waals surface area (Å²) in [4.78, 5) is 4.97. The molecule has 20 heavy (non-hydrogen) atoms. The van der Waals surface area contributed by atoms with Gasteiger partial charge in [-0.05, 0) is 12.1 Å². The minimum atomic E-state index is 0.559. The topological polar surface area (TPSA) is 62.4 Å². The van der Waals surface area contributed by atoms with Crippen LogP contribution < -0.4 is 19.9 Å². The number of nitriles is 1. The lowest BCUT2D eigenvalue weighted by Gasteiger charge is -2.14.